The van der Waals surface area contributed by atoms with Crippen molar-refractivity contribution in [1.82, 2.24) is 0 Å². The highest BCUT2D eigenvalue weighted by molar-refractivity contribution is 7.87. The molecule has 2 rings (SSSR count). The fourth-order valence-electron chi connectivity index (χ4n) is 1.91. The second kappa shape index (κ2) is 3.92. The minimum Gasteiger partial charge on any atom is -0.269 e. The molecule has 0 aliphatic carbocycles. The summed E-state index contributed by atoms with van der Waals surface area (Å²) in [6.45, 7) is 1.76. The summed E-state index contributed by atoms with van der Waals surface area (Å²) in [6, 6.07) is 6.82. The molecule has 0 bridgehead atoms. The lowest BCUT2D eigenvalue weighted by Gasteiger charge is -2.26. The van der Waals surface area contributed by atoms with Crippen molar-refractivity contribution in [2.24, 2.45) is 0 Å². The van der Waals surface area contributed by atoms with Crippen LogP contribution in [0.5, 0.6) is 0 Å². The molecule has 0 saturated heterocycles. The summed E-state index contributed by atoms with van der Waals surface area (Å²) in [5, 5.41) is 0. The molecule has 4 nitrogen and oxygen atoms in total. The summed E-state index contributed by atoms with van der Waals surface area (Å²) in [5.74, 6) is 0. The van der Waals surface area contributed by atoms with E-state index in [1.54, 1.807) is 19.1 Å². The molecule has 0 spiro atoms. The smallest absolute Gasteiger partial charge is 0.269 e. The number of nitrogens with zero attached hydrogens (tertiary/aromatic N) is 1. The molecule has 0 aromatic heterocycles. The van der Waals surface area contributed by atoms with Crippen molar-refractivity contribution in [2.75, 3.05) is 4.31 Å². The lowest BCUT2D eigenvalue weighted by atomic mass is 10.2. The third kappa shape index (κ3) is 1.96. The maximum atomic E-state index is 11.4. The molecule has 0 radical (unpaired) electrons. The van der Waals surface area contributed by atoms with Crippen molar-refractivity contribution in [3.63, 3.8) is 0 Å². The van der Waals surface area contributed by atoms with Crippen molar-refractivity contribution >= 4 is 22.1 Å². The van der Waals surface area contributed by atoms with Gasteiger partial charge in [0.25, 0.3) is 0 Å². The summed E-state index contributed by atoms with van der Waals surface area (Å²) in [7, 11) is -4.22. The van der Waals surface area contributed by atoms with Crippen LogP contribution in [0.25, 0.3) is 6.08 Å². The molecule has 5 heteroatoms. The number of para-hydroxylation sites is 1. The van der Waals surface area contributed by atoms with E-state index in [0.717, 1.165) is 9.87 Å². The molecule has 1 heterocycles. The Morgan fingerprint density at radius 1 is 1.38 bits per heavy atom. The van der Waals surface area contributed by atoms with Crippen LogP contribution in [0.4, 0.5) is 5.69 Å². The van der Waals surface area contributed by atoms with Crippen molar-refractivity contribution in [1.29, 1.82) is 0 Å². The van der Waals surface area contributed by atoms with E-state index in [2.05, 4.69) is 0 Å². The second-order valence-corrected chi connectivity index (χ2v) is 5.11. The number of anilines is 1. The van der Waals surface area contributed by atoms with E-state index >= 15 is 0 Å². The van der Waals surface area contributed by atoms with Gasteiger partial charge < -0.3 is 0 Å². The summed E-state index contributed by atoms with van der Waals surface area (Å²) < 4.78 is 33.0. The van der Waals surface area contributed by atoms with Gasteiger partial charge in [-0.2, -0.15) is 8.42 Å². The van der Waals surface area contributed by atoms with E-state index in [4.69, 9.17) is 0 Å². The maximum absolute atomic E-state index is 11.4. The molecular formula is C11H13NO3S. The number of rotatable bonds is 1. The Kier molecular flexibility index (Phi) is 2.73. The number of fused-ring (bicyclic) bond motifs is 1. The Balaban J connectivity index is 2.62. The highest BCUT2D eigenvalue weighted by Gasteiger charge is 2.27. The van der Waals surface area contributed by atoms with Crippen LogP contribution in [0.1, 0.15) is 18.9 Å². The van der Waals surface area contributed by atoms with Crippen molar-refractivity contribution < 1.29 is 13.0 Å². The zero-order valence-electron chi connectivity index (χ0n) is 8.87. The average Bonchev–Trinajstić information content (AvgIpc) is 2.34. The summed E-state index contributed by atoms with van der Waals surface area (Å²) in [4.78, 5) is 0. The first-order chi connectivity index (χ1) is 7.50. The lowest BCUT2D eigenvalue weighted by Crippen LogP contribution is -2.37. The molecule has 1 aliphatic rings. The van der Waals surface area contributed by atoms with Crippen LogP contribution in [0.2, 0.25) is 0 Å². The summed E-state index contributed by atoms with van der Waals surface area (Å²) in [6.07, 6.45) is 4.36. The molecule has 16 heavy (non-hydrogen) atoms. The van der Waals surface area contributed by atoms with Crippen LogP contribution in [-0.2, 0) is 10.3 Å². The predicted octanol–water partition coefficient (Wildman–Crippen LogP) is 2.10. The Bertz CT molecular complexity index is 522. The van der Waals surface area contributed by atoms with E-state index in [9.17, 15) is 13.0 Å². The van der Waals surface area contributed by atoms with Gasteiger partial charge in [-0.25, -0.2) is 4.31 Å². The molecule has 1 aliphatic heterocycles. The van der Waals surface area contributed by atoms with Crippen LogP contribution < -0.4 is 4.31 Å². The first kappa shape index (κ1) is 11.2. The van der Waals surface area contributed by atoms with E-state index in [1.165, 1.54) is 0 Å². The molecular weight excluding hydrogens is 226 g/mol. The third-order valence-electron chi connectivity index (χ3n) is 2.60. The molecule has 1 aromatic rings. The van der Waals surface area contributed by atoms with Gasteiger partial charge in [-0.1, -0.05) is 30.4 Å². The molecule has 0 amide bonds. The first-order valence-electron chi connectivity index (χ1n) is 5.02. The maximum Gasteiger partial charge on any atom is 0.360 e. The van der Waals surface area contributed by atoms with Gasteiger partial charge in [-0.3, -0.25) is 4.55 Å². The molecule has 86 valence electrons. The van der Waals surface area contributed by atoms with E-state index in [1.807, 2.05) is 24.3 Å². The van der Waals surface area contributed by atoms with Gasteiger partial charge in [0.05, 0.1) is 5.69 Å². The quantitative estimate of drug-likeness (QED) is 0.763. The highest BCUT2D eigenvalue weighted by atomic mass is 32.2. The van der Waals surface area contributed by atoms with Gasteiger partial charge in [-0.05, 0) is 25.0 Å². The topological polar surface area (TPSA) is 57.6 Å². The zero-order valence-corrected chi connectivity index (χ0v) is 9.68. The fraction of sp³-hybridized carbons (Fsp3) is 0.273. The summed E-state index contributed by atoms with van der Waals surface area (Å²) >= 11 is 0. The Labute approximate surface area is 95.1 Å². The van der Waals surface area contributed by atoms with Gasteiger partial charge in [0, 0.05) is 6.04 Å². The van der Waals surface area contributed by atoms with Gasteiger partial charge in [0.15, 0.2) is 0 Å². The van der Waals surface area contributed by atoms with E-state index in [0.29, 0.717) is 12.1 Å². The lowest BCUT2D eigenvalue weighted by molar-refractivity contribution is 0.471. The SMILES string of the molecule is CC1CC=Cc2ccccc2N1S(=O)(=O)O. The Hall–Kier alpha value is -1.33. The molecule has 1 N–H and O–H groups in total. The molecule has 0 saturated carbocycles. The normalized spacial score (nSPS) is 20.4. The highest BCUT2D eigenvalue weighted by Crippen LogP contribution is 2.29. The van der Waals surface area contributed by atoms with Gasteiger partial charge in [-0.15, -0.1) is 0 Å². The Morgan fingerprint density at radius 2 is 2.06 bits per heavy atom. The molecule has 1 atom stereocenters. The van der Waals surface area contributed by atoms with Crippen molar-refractivity contribution in [2.45, 2.75) is 19.4 Å². The molecule has 1 unspecified atom stereocenters. The standard InChI is InChI=1S/C11H13NO3S/c1-9-5-4-7-10-6-2-3-8-11(10)12(9)16(13,14)15/h2-4,6-9H,5H2,1H3,(H,13,14,15). The number of hydrogen-bond acceptors (Lipinski definition) is 2. The Morgan fingerprint density at radius 3 is 2.75 bits per heavy atom. The second-order valence-electron chi connectivity index (χ2n) is 3.82. The first-order valence-corrected chi connectivity index (χ1v) is 6.42. The van der Waals surface area contributed by atoms with Gasteiger partial charge in [0.2, 0.25) is 0 Å². The third-order valence-corrected chi connectivity index (χ3v) is 3.65. The van der Waals surface area contributed by atoms with Crippen LogP contribution in [0.3, 0.4) is 0 Å². The van der Waals surface area contributed by atoms with E-state index in [-0.39, 0.29) is 6.04 Å². The van der Waals surface area contributed by atoms with Crippen molar-refractivity contribution in [3.8, 4) is 0 Å². The monoisotopic (exact) mass is 239 g/mol. The van der Waals surface area contributed by atoms with Gasteiger partial charge in [0.1, 0.15) is 0 Å². The molecule has 0 fully saturated rings. The minimum atomic E-state index is -4.22. The van der Waals surface area contributed by atoms with Crippen LogP contribution in [0, 0.1) is 0 Å². The van der Waals surface area contributed by atoms with Crippen LogP contribution >= 0.6 is 0 Å². The van der Waals surface area contributed by atoms with E-state index < -0.39 is 10.3 Å². The van der Waals surface area contributed by atoms with Crippen LogP contribution in [-0.4, -0.2) is 19.0 Å². The fourth-order valence-corrected chi connectivity index (χ4v) is 2.86. The van der Waals surface area contributed by atoms with Crippen LogP contribution in [0.15, 0.2) is 30.3 Å². The minimum absolute atomic E-state index is 0.283. The number of benzene rings is 1. The number of hydrogen-bond donors (Lipinski definition) is 1. The van der Waals surface area contributed by atoms with Crippen molar-refractivity contribution in [3.05, 3.63) is 35.9 Å². The largest absolute Gasteiger partial charge is 0.360 e. The molecule has 1 aromatic carbocycles. The predicted molar refractivity (Wildman–Crippen MR) is 63.6 cm³/mol. The van der Waals surface area contributed by atoms with Gasteiger partial charge >= 0.3 is 10.3 Å². The summed E-state index contributed by atoms with van der Waals surface area (Å²) in [5.41, 5.74) is 1.32. The zero-order chi connectivity index (χ0) is 11.8. The average molecular weight is 239 g/mol.